The third-order valence-electron chi connectivity index (χ3n) is 2.86. The number of rotatable bonds is 3. The van der Waals surface area contributed by atoms with Gasteiger partial charge < -0.3 is 0 Å². The molecule has 0 atom stereocenters. The molecule has 0 heterocycles. The largest absolute Gasteiger partial charge is 0.106 e. The Hall–Kier alpha value is -2.34. The van der Waals surface area contributed by atoms with Gasteiger partial charge in [0.2, 0.25) is 0 Å². The second-order valence-corrected chi connectivity index (χ2v) is 3.89. The van der Waals surface area contributed by atoms with Crippen LogP contribution in [0.4, 0.5) is 0 Å². The maximum atomic E-state index is 3.82. The molecule has 0 heteroatoms. The van der Waals surface area contributed by atoms with Crippen molar-refractivity contribution in [3.8, 4) is 11.1 Å². The van der Waals surface area contributed by atoms with E-state index in [1.807, 2.05) is 19.1 Å². The van der Waals surface area contributed by atoms with E-state index in [1.165, 1.54) is 22.3 Å². The van der Waals surface area contributed by atoms with Gasteiger partial charge in [0, 0.05) is 0 Å². The molecule has 0 aliphatic heterocycles. The maximum absolute atomic E-state index is 3.82. The van der Waals surface area contributed by atoms with E-state index in [0.717, 1.165) is 0 Å². The zero-order valence-corrected chi connectivity index (χ0v) is 11.5. The van der Waals surface area contributed by atoms with Crippen LogP contribution in [0.3, 0.4) is 0 Å². The Balaban J connectivity index is 0.000000861. The maximum Gasteiger partial charge on any atom is -0.0184 e. The summed E-state index contributed by atoms with van der Waals surface area (Å²) in [6, 6.07) is 19.0. The second kappa shape index (κ2) is 7.88. The molecule has 0 saturated carbocycles. The minimum atomic E-state index is 1.17. The molecule has 0 aromatic heterocycles. The van der Waals surface area contributed by atoms with Gasteiger partial charge in [-0.2, -0.15) is 0 Å². The Labute approximate surface area is 116 Å². The zero-order valence-electron chi connectivity index (χ0n) is 11.5. The fourth-order valence-electron chi connectivity index (χ4n) is 1.89. The highest BCUT2D eigenvalue weighted by Gasteiger charge is 1.98. The molecule has 0 radical (unpaired) electrons. The normalized spacial score (nSPS) is 10.3. The molecule has 2 rings (SSSR count). The lowest BCUT2D eigenvalue weighted by Gasteiger charge is -2.05. The fraction of sp³-hybridized carbons (Fsp3) is 0.0526. The first-order valence-corrected chi connectivity index (χ1v) is 6.29. The summed E-state index contributed by atoms with van der Waals surface area (Å²) in [5.74, 6) is 0. The Bertz CT molecular complexity index is 530. The van der Waals surface area contributed by atoms with Crippen molar-refractivity contribution in [1.29, 1.82) is 0 Å². The first-order valence-electron chi connectivity index (χ1n) is 6.29. The summed E-state index contributed by atoms with van der Waals surface area (Å²) in [4.78, 5) is 0. The molecule has 0 spiro atoms. The molecule has 2 aromatic rings. The average Bonchev–Trinajstić information content (AvgIpc) is 2.52. The minimum absolute atomic E-state index is 1.17. The molecular weight excluding hydrogens is 228 g/mol. The van der Waals surface area contributed by atoms with Crippen LogP contribution in [0.1, 0.15) is 12.5 Å². The quantitative estimate of drug-likeness (QED) is 0.479. The third kappa shape index (κ3) is 3.82. The number of benzene rings is 2. The SMILES string of the molecule is C=C.C=C/C(=C\C)c1ccc(-c2ccccc2)cc1. The molecule has 0 aliphatic rings. The van der Waals surface area contributed by atoms with Gasteiger partial charge in [0.05, 0.1) is 0 Å². The Morgan fingerprint density at radius 3 is 1.84 bits per heavy atom. The van der Waals surface area contributed by atoms with Gasteiger partial charge in [-0.1, -0.05) is 73.3 Å². The Morgan fingerprint density at radius 1 is 0.842 bits per heavy atom. The summed E-state index contributed by atoms with van der Waals surface area (Å²) < 4.78 is 0. The Morgan fingerprint density at radius 2 is 1.37 bits per heavy atom. The van der Waals surface area contributed by atoms with E-state index in [2.05, 4.69) is 74.3 Å². The zero-order chi connectivity index (χ0) is 14.1. The molecule has 0 nitrogen and oxygen atoms in total. The summed E-state index contributed by atoms with van der Waals surface area (Å²) in [6.45, 7) is 11.9. The van der Waals surface area contributed by atoms with E-state index < -0.39 is 0 Å². The molecule has 0 aliphatic carbocycles. The third-order valence-corrected chi connectivity index (χ3v) is 2.86. The highest BCUT2D eigenvalue weighted by Crippen LogP contribution is 2.22. The molecule has 2 aromatic carbocycles. The summed E-state index contributed by atoms with van der Waals surface area (Å²) >= 11 is 0. The highest BCUT2D eigenvalue weighted by molar-refractivity contribution is 5.75. The van der Waals surface area contributed by atoms with Crippen molar-refractivity contribution in [2.75, 3.05) is 0 Å². The summed E-state index contributed by atoms with van der Waals surface area (Å²) in [5, 5.41) is 0. The van der Waals surface area contributed by atoms with Crippen molar-refractivity contribution in [2.24, 2.45) is 0 Å². The van der Waals surface area contributed by atoms with Crippen LogP contribution in [0.2, 0.25) is 0 Å². The van der Waals surface area contributed by atoms with Crippen molar-refractivity contribution in [3.63, 3.8) is 0 Å². The van der Waals surface area contributed by atoms with Crippen LogP contribution < -0.4 is 0 Å². The second-order valence-electron chi connectivity index (χ2n) is 3.89. The molecular formula is C19H20. The molecule has 19 heavy (non-hydrogen) atoms. The van der Waals surface area contributed by atoms with Crippen LogP contribution in [-0.2, 0) is 0 Å². The lowest BCUT2D eigenvalue weighted by atomic mass is 10.0. The monoisotopic (exact) mass is 248 g/mol. The lowest BCUT2D eigenvalue weighted by Crippen LogP contribution is -1.81. The van der Waals surface area contributed by atoms with Gasteiger partial charge in [0.15, 0.2) is 0 Å². The van der Waals surface area contributed by atoms with Crippen LogP contribution in [0, 0.1) is 0 Å². The van der Waals surface area contributed by atoms with Crippen LogP contribution in [0.15, 0.2) is 86.5 Å². The van der Waals surface area contributed by atoms with Crippen molar-refractivity contribution in [1.82, 2.24) is 0 Å². The van der Waals surface area contributed by atoms with Gasteiger partial charge in [-0.3, -0.25) is 0 Å². The van der Waals surface area contributed by atoms with Gasteiger partial charge >= 0.3 is 0 Å². The van der Waals surface area contributed by atoms with Gasteiger partial charge in [0.1, 0.15) is 0 Å². The number of allylic oxidation sites excluding steroid dienone is 3. The van der Waals surface area contributed by atoms with Gasteiger partial charge in [-0.15, -0.1) is 13.2 Å². The molecule has 0 N–H and O–H groups in total. The predicted octanol–water partition coefficient (Wildman–Crippen LogP) is 5.75. The van der Waals surface area contributed by atoms with E-state index in [1.54, 1.807) is 0 Å². The molecule has 0 amide bonds. The van der Waals surface area contributed by atoms with Crippen LogP contribution in [0.5, 0.6) is 0 Å². The van der Waals surface area contributed by atoms with Gasteiger partial charge in [-0.25, -0.2) is 0 Å². The molecule has 0 saturated heterocycles. The first kappa shape index (κ1) is 14.7. The predicted molar refractivity (Wildman–Crippen MR) is 87.0 cm³/mol. The van der Waals surface area contributed by atoms with Crippen molar-refractivity contribution in [2.45, 2.75) is 6.92 Å². The van der Waals surface area contributed by atoms with E-state index in [0.29, 0.717) is 0 Å². The summed E-state index contributed by atoms with van der Waals surface area (Å²) in [5.41, 5.74) is 4.88. The van der Waals surface area contributed by atoms with E-state index >= 15 is 0 Å². The van der Waals surface area contributed by atoms with Crippen LogP contribution in [0.25, 0.3) is 16.7 Å². The van der Waals surface area contributed by atoms with E-state index in [-0.39, 0.29) is 0 Å². The van der Waals surface area contributed by atoms with Crippen molar-refractivity contribution in [3.05, 3.63) is 92.0 Å². The van der Waals surface area contributed by atoms with Crippen molar-refractivity contribution < 1.29 is 0 Å². The molecule has 0 fully saturated rings. The smallest absolute Gasteiger partial charge is 0.0184 e. The van der Waals surface area contributed by atoms with E-state index in [4.69, 9.17) is 0 Å². The summed E-state index contributed by atoms with van der Waals surface area (Å²) in [6.07, 6.45) is 3.96. The lowest BCUT2D eigenvalue weighted by molar-refractivity contribution is 1.57. The standard InChI is InChI=1S/C17H16.C2H4/c1-3-14(4-2)16-10-12-17(13-11-16)15-8-6-5-7-9-15;1-2/h3-13H,1H2,2H3;1-2H2/b14-4+;. The number of hydrogen-bond donors (Lipinski definition) is 0. The molecule has 0 bridgehead atoms. The topological polar surface area (TPSA) is 0 Å². The summed E-state index contributed by atoms with van der Waals surface area (Å²) in [7, 11) is 0. The Kier molecular flexibility index (Phi) is 6.11. The minimum Gasteiger partial charge on any atom is -0.106 e. The van der Waals surface area contributed by atoms with E-state index in [9.17, 15) is 0 Å². The molecule has 0 unspecified atom stereocenters. The van der Waals surface area contributed by atoms with Gasteiger partial charge in [0.25, 0.3) is 0 Å². The van der Waals surface area contributed by atoms with Crippen LogP contribution in [-0.4, -0.2) is 0 Å². The van der Waals surface area contributed by atoms with Crippen LogP contribution >= 0.6 is 0 Å². The highest BCUT2D eigenvalue weighted by atomic mass is 14.0. The number of hydrogen-bond acceptors (Lipinski definition) is 0. The van der Waals surface area contributed by atoms with Crippen molar-refractivity contribution >= 4 is 5.57 Å². The fourth-order valence-corrected chi connectivity index (χ4v) is 1.89. The van der Waals surface area contributed by atoms with Gasteiger partial charge in [-0.05, 0) is 29.2 Å². The average molecular weight is 248 g/mol. The first-order chi connectivity index (χ1) is 9.35. The molecule has 96 valence electrons.